The van der Waals surface area contributed by atoms with E-state index in [0.717, 1.165) is 16.7 Å². The predicted molar refractivity (Wildman–Crippen MR) is 160 cm³/mol. The van der Waals surface area contributed by atoms with Gasteiger partial charge in [0.25, 0.3) is 5.69 Å². The first-order chi connectivity index (χ1) is 20.0. The molecule has 0 bridgehead atoms. The summed E-state index contributed by atoms with van der Waals surface area (Å²) in [6, 6.07) is 33.6. The number of nitro benzene ring substituents is 1. The SMILES string of the molecule is Cc1cccc(CSc2nnc(C(Cc3ccccc3)NC(=O)Cc3ccccc3)n2-c2ccc([N+](=O)[O-])cc2)c1. The number of nitro groups is 1. The Bertz CT molecular complexity index is 1620. The summed E-state index contributed by atoms with van der Waals surface area (Å²) in [6.45, 7) is 2.05. The van der Waals surface area contributed by atoms with E-state index in [9.17, 15) is 14.9 Å². The maximum atomic E-state index is 13.3. The third-order valence-corrected chi connectivity index (χ3v) is 7.56. The molecule has 4 aromatic carbocycles. The van der Waals surface area contributed by atoms with E-state index in [1.54, 1.807) is 12.1 Å². The molecular weight excluding hydrogens is 534 g/mol. The number of thioether (sulfide) groups is 1. The van der Waals surface area contributed by atoms with Crippen LogP contribution in [0.25, 0.3) is 5.69 Å². The Labute approximate surface area is 242 Å². The van der Waals surface area contributed by atoms with Gasteiger partial charge in [-0.2, -0.15) is 0 Å². The van der Waals surface area contributed by atoms with Crippen LogP contribution in [0.15, 0.2) is 114 Å². The summed E-state index contributed by atoms with van der Waals surface area (Å²) in [5.41, 5.74) is 4.93. The molecule has 0 saturated carbocycles. The first kappa shape index (κ1) is 27.8. The van der Waals surface area contributed by atoms with Gasteiger partial charge in [0.05, 0.1) is 17.4 Å². The van der Waals surface area contributed by atoms with Gasteiger partial charge >= 0.3 is 0 Å². The zero-order valence-corrected chi connectivity index (χ0v) is 23.3. The summed E-state index contributed by atoms with van der Waals surface area (Å²) in [5, 5.41) is 24.3. The van der Waals surface area contributed by atoms with Crippen molar-refractivity contribution in [3.63, 3.8) is 0 Å². The molecule has 1 aromatic heterocycles. The van der Waals surface area contributed by atoms with Crippen LogP contribution in [-0.2, 0) is 23.4 Å². The molecule has 1 amide bonds. The van der Waals surface area contributed by atoms with Crippen LogP contribution in [-0.4, -0.2) is 25.6 Å². The Morgan fingerprint density at radius 3 is 2.20 bits per heavy atom. The lowest BCUT2D eigenvalue weighted by Gasteiger charge is -2.20. The number of nitrogens with one attached hydrogen (secondary N) is 1. The largest absolute Gasteiger partial charge is 0.345 e. The van der Waals surface area contributed by atoms with E-state index < -0.39 is 11.0 Å². The van der Waals surface area contributed by atoms with Crippen LogP contribution in [0.1, 0.15) is 34.1 Å². The van der Waals surface area contributed by atoms with Crippen molar-refractivity contribution in [3.05, 3.63) is 147 Å². The highest BCUT2D eigenvalue weighted by molar-refractivity contribution is 7.98. The predicted octanol–water partition coefficient (Wildman–Crippen LogP) is 6.42. The van der Waals surface area contributed by atoms with Crippen LogP contribution in [0.4, 0.5) is 5.69 Å². The number of nitrogens with zero attached hydrogens (tertiary/aromatic N) is 4. The standard InChI is InChI=1S/C32H29N5O3S/c1-23-9-8-14-26(19-23)22-41-32-35-34-31(36(32)27-15-17-28(18-16-27)37(39)40)29(20-24-10-4-2-5-11-24)33-30(38)21-25-12-6-3-7-13-25/h2-19,29H,20-22H2,1H3,(H,33,38). The minimum Gasteiger partial charge on any atom is -0.345 e. The van der Waals surface area contributed by atoms with E-state index in [1.807, 2.05) is 71.3 Å². The fraction of sp³-hybridized carbons (Fsp3) is 0.156. The molecule has 0 spiro atoms. The maximum absolute atomic E-state index is 13.3. The highest BCUT2D eigenvalue weighted by atomic mass is 32.2. The van der Waals surface area contributed by atoms with E-state index in [1.165, 1.54) is 29.5 Å². The van der Waals surface area contributed by atoms with Crippen LogP contribution in [0.3, 0.4) is 0 Å². The van der Waals surface area contributed by atoms with Gasteiger partial charge in [0.15, 0.2) is 11.0 Å². The molecule has 206 valence electrons. The summed E-state index contributed by atoms with van der Waals surface area (Å²) >= 11 is 1.52. The monoisotopic (exact) mass is 563 g/mol. The van der Waals surface area contributed by atoms with Crippen LogP contribution in [0.2, 0.25) is 0 Å². The van der Waals surface area contributed by atoms with Crippen molar-refractivity contribution >= 4 is 23.4 Å². The highest BCUT2D eigenvalue weighted by Crippen LogP contribution is 2.30. The maximum Gasteiger partial charge on any atom is 0.269 e. The van der Waals surface area contributed by atoms with Crippen molar-refractivity contribution in [3.8, 4) is 5.69 Å². The number of amides is 1. The van der Waals surface area contributed by atoms with E-state index >= 15 is 0 Å². The van der Waals surface area contributed by atoms with Gasteiger partial charge in [-0.15, -0.1) is 10.2 Å². The second-order valence-electron chi connectivity index (χ2n) is 9.70. The van der Waals surface area contributed by atoms with E-state index in [-0.39, 0.29) is 18.0 Å². The van der Waals surface area contributed by atoms with Gasteiger partial charge in [0.2, 0.25) is 5.91 Å². The summed E-state index contributed by atoms with van der Waals surface area (Å²) in [7, 11) is 0. The van der Waals surface area contributed by atoms with Crippen molar-refractivity contribution in [2.75, 3.05) is 0 Å². The first-order valence-corrected chi connectivity index (χ1v) is 14.2. The van der Waals surface area contributed by atoms with Gasteiger partial charge in [-0.25, -0.2) is 0 Å². The van der Waals surface area contributed by atoms with Gasteiger partial charge in [-0.1, -0.05) is 102 Å². The number of hydrogen-bond acceptors (Lipinski definition) is 6. The molecule has 5 aromatic rings. The van der Waals surface area contributed by atoms with Crippen LogP contribution < -0.4 is 5.32 Å². The topological polar surface area (TPSA) is 103 Å². The van der Waals surface area contributed by atoms with Crippen LogP contribution >= 0.6 is 11.8 Å². The molecule has 1 N–H and O–H groups in total. The van der Waals surface area contributed by atoms with Crippen LogP contribution in [0.5, 0.6) is 0 Å². The van der Waals surface area contributed by atoms with Crippen molar-refractivity contribution in [2.24, 2.45) is 0 Å². The number of carbonyl (C=O) groups is 1. The molecule has 0 aliphatic rings. The second kappa shape index (κ2) is 13.1. The molecule has 1 heterocycles. The molecule has 0 radical (unpaired) electrons. The minimum atomic E-state index is -0.496. The number of hydrogen-bond donors (Lipinski definition) is 1. The molecule has 1 unspecified atom stereocenters. The smallest absolute Gasteiger partial charge is 0.269 e. The van der Waals surface area contributed by atoms with Gasteiger partial charge in [0.1, 0.15) is 0 Å². The Morgan fingerprint density at radius 2 is 1.54 bits per heavy atom. The summed E-state index contributed by atoms with van der Waals surface area (Å²) in [6.07, 6.45) is 0.724. The van der Waals surface area contributed by atoms with Gasteiger partial charge in [-0.3, -0.25) is 19.5 Å². The Morgan fingerprint density at radius 1 is 0.878 bits per heavy atom. The van der Waals surface area contributed by atoms with E-state index in [4.69, 9.17) is 0 Å². The Kier molecular flexibility index (Phi) is 8.85. The quantitative estimate of drug-likeness (QED) is 0.113. The molecule has 0 aliphatic heterocycles. The number of benzene rings is 4. The van der Waals surface area contributed by atoms with Crippen molar-refractivity contribution < 1.29 is 9.72 Å². The first-order valence-electron chi connectivity index (χ1n) is 13.2. The van der Waals surface area contributed by atoms with Gasteiger partial charge in [0, 0.05) is 23.6 Å². The summed E-state index contributed by atoms with van der Waals surface area (Å²) in [4.78, 5) is 24.2. The molecule has 0 fully saturated rings. The normalized spacial score (nSPS) is 11.6. The van der Waals surface area contributed by atoms with Gasteiger partial charge in [-0.05, 0) is 42.2 Å². The van der Waals surface area contributed by atoms with Crippen LogP contribution in [0, 0.1) is 17.0 Å². The average Bonchev–Trinajstić information content (AvgIpc) is 3.41. The van der Waals surface area contributed by atoms with Crippen molar-refractivity contribution in [2.45, 2.75) is 36.7 Å². The fourth-order valence-corrected chi connectivity index (χ4v) is 5.50. The summed E-state index contributed by atoms with van der Waals surface area (Å²) in [5.74, 6) is 1.08. The summed E-state index contributed by atoms with van der Waals surface area (Å²) < 4.78 is 1.89. The average molecular weight is 564 g/mol. The number of aromatic nitrogens is 3. The molecule has 0 aliphatic carbocycles. The van der Waals surface area contributed by atoms with Gasteiger partial charge < -0.3 is 5.32 Å². The van der Waals surface area contributed by atoms with Crippen molar-refractivity contribution in [1.29, 1.82) is 0 Å². The molecule has 41 heavy (non-hydrogen) atoms. The zero-order chi connectivity index (χ0) is 28.6. The third kappa shape index (κ3) is 7.26. The minimum absolute atomic E-state index is 0.00524. The molecule has 1 atom stereocenters. The lowest BCUT2D eigenvalue weighted by atomic mass is 10.0. The van der Waals surface area contributed by atoms with Crippen molar-refractivity contribution in [1.82, 2.24) is 20.1 Å². The molecule has 8 nitrogen and oxygen atoms in total. The molecule has 0 saturated heterocycles. The third-order valence-electron chi connectivity index (χ3n) is 6.56. The zero-order valence-electron chi connectivity index (χ0n) is 22.5. The Balaban J connectivity index is 1.52. The number of rotatable bonds is 11. The lowest BCUT2D eigenvalue weighted by molar-refractivity contribution is -0.384. The number of aryl methyl sites for hydroxylation is 1. The number of carbonyl (C=O) groups excluding carboxylic acids is 1. The second-order valence-corrected chi connectivity index (χ2v) is 10.6. The highest BCUT2D eigenvalue weighted by Gasteiger charge is 2.25. The fourth-order valence-electron chi connectivity index (χ4n) is 4.60. The lowest BCUT2D eigenvalue weighted by Crippen LogP contribution is -2.33. The van der Waals surface area contributed by atoms with E-state index in [0.29, 0.717) is 28.8 Å². The number of non-ortho nitro benzene ring substituents is 1. The Hall–Kier alpha value is -4.76. The molecular formula is C32H29N5O3S. The molecule has 5 rings (SSSR count). The molecule has 9 heteroatoms. The van der Waals surface area contributed by atoms with E-state index in [2.05, 4.69) is 40.6 Å².